The smallest absolute Gasteiger partial charge is 0.314 e. The summed E-state index contributed by atoms with van der Waals surface area (Å²) in [7, 11) is 0. The largest absolute Gasteiger partial charge is 0.481 e. The van der Waals surface area contributed by atoms with Crippen molar-refractivity contribution in [1.82, 2.24) is 15.6 Å². The number of urea groups is 1. The molecule has 1 aromatic heterocycles. The minimum atomic E-state index is -0.763. The highest BCUT2D eigenvalue weighted by Crippen LogP contribution is 2.14. The summed E-state index contributed by atoms with van der Waals surface area (Å²) in [5.41, 5.74) is 0. The lowest BCUT2D eigenvalue weighted by Crippen LogP contribution is -2.37. The van der Waals surface area contributed by atoms with Crippen molar-refractivity contribution in [3.63, 3.8) is 0 Å². The normalized spacial score (nSPS) is 11.9. The van der Waals surface area contributed by atoms with Gasteiger partial charge in [0.05, 0.1) is 5.01 Å². The van der Waals surface area contributed by atoms with Gasteiger partial charge in [0.25, 0.3) is 0 Å². The molecule has 0 aliphatic rings. The van der Waals surface area contributed by atoms with Crippen molar-refractivity contribution in [2.24, 2.45) is 5.92 Å². The molecule has 0 aliphatic heterocycles. The van der Waals surface area contributed by atoms with Crippen molar-refractivity contribution in [1.29, 1.82) is 0 Å². The Balaban J connectivity index is 2.07. The summed E-state index contributed by atoms with van der Waals surface area (Å²) in [4.78, 5) is 26.3. The first kappa shape index (κ1) is 17.4. The minimum absolute atomic E-state index is 0.181. The number of carbonyl (C=O) groups excluding carboxylic acids is 1. The van der Waals surface area contributed by atoms with Gasteiger partial charge >= 0.3 is 12.0 Å². The molecular formula is C14H23N3O3S. The number of aromatic nitrogens is 1. The van der Waals surface area contributed by atoms with Crippen LogP contribution in [0.5, 0.6) is 0 Å². The number of amides is 2. The molecule has 21 heavy (non-hydrogen) atoms. The van der Waals surface area contributed by atoms with E-state index in [0.29, 0.717) is 25.4 Å². The summed E-state index contributed by atoms with van der Waals surface area (Å²) < 4.78 is 0. The van der Waals surface area contributed by atoms with Crippen LogP contribution < -0.4 is 10.6 Å². The standard InChI is InChI=1S/C14H23N3O3S/c1-2-11(3-4-13(18)19)5-7-16-14(20)17-8-6-12-15-9-10-21-12/h9-11H,2-8H2,1H3,(H,18,19)(H2,16,17,20). The zero-order valence-corrected chi connectivity index (χ0v) is 13.1. The van der Waals surface area contributed by atoms with E-state index in [1.165, 1.54) is 0 Å². The molecule has 0 aromatic carbocycles. The van der Waals surface area contributed by atoms with E-state index in [4.69, 9.17) is 5.11 Å². The van der Waals surface area contributed by atoms with Gasteiger partial charge in [0.1, 0.15) is 0 Å². The summed E-state index contributed by atoms with van der Waals surface area (Å²) >= 11 is 1.58. The molecule has 0 saturated heterocycles. The van der Waals surface area contributed by atoms with Gasteiger partial charge in [-0.3, -0.25) is 4.79 Å². The van der Waals surface area contributed by atoms with Crippen molar-refractivity contribution in [2.75, 3.05) is 13.1 Å². The van der Waals surface area contributed by atoms with Gasteiger partial charge in [-0.1, -0.05) is 13.3 Å². The second kappa shape index (κ2) is 10.1. The van der Waals surface area contributed by atoms with Gasteiger partial charge in [0.2, 0.25) is 0 Å². The van der Waals surface area contributed by atoms with E-state index >= 15 is 0 Å². The van der Waals surface area contributed by atoms with Crippen molar-refractivity contribution in [3.8, 4) is 0 Å². The van der Waals surface area contributed by atoms with E-state index in [1.807, 2.05) is 12.3 Å². The van der Waals surface area contributed by atoms with Crippen LogP contribution in [-0.2, 0) is 11.2 Å². The van der Waals surface area contributed by atoms with E-state index in [2.05, 4.69) is 15.6 Å². The summed E-state index contributed by atoms with van der Waals surface area (Å²) in [6.07, 6.45) is 5.09. The molecule has 7 heteroatoms. The Morgan fingerprint density at radius 2 is 2.10 bits per heavy atom. The van der Waals surface area contributed by atoms with E-state index in [1.54, 1.807) is 17.5 Å². The maximum Gasteiger partial charge on any atom is 0.314 e. The average molecular weight is 313 g/mol. The van der Waals surface area contributed by atoms with Crippen molar-refractivity contribution < 1.29 is 14.7 Å². The van der Waals surface area contributed by atoms with Gasteiger partial charge in [0, 0.05) is 37.5 Å². The number of carboxylic acids is 1. The summed E-state index contributed by atoms with van der Waals surface area (Å²) in [6, 6.07) is -0.181. The monoisotopic (exact) mass is 313 g/mol. The first-order valence-corrected chi connectivity index (χ1v) is 8.11. The molecule has 0 aliphatic carbocycles. The molecule has 1 heterocycles. The van der Waals surface area contributed by atoms with E-state index < -0.39 is 5.97 Å². The van der Waals surface area contributed by atoms with Crippen molar-refractivity contribution in [3.05, 3.63) is 16.6 Å². The third-order valence-corrected chi connectivity index (χ3v) is 4.13. The minimum Gasteiger partial charge on any atom is -0.481 e. The molecule has 1 unspecified atom stereocenters. The van der Waals surface area contributed by atoms with Crippen LogP contribution in [0.4, 0.5) is 4.79 Å². The van der Waals surface area contributed by atoms with Gasteiger partial charge in [-0.25, -0.2) is 9.78 Å². The molecule has 1 atom stereocenters. The predicted molar refractivity (Wildman–Crippen MR) is 82.5 cm³/mol. The zero-order chi connectivity index (χ0) is 15.5. The van der Waals surface area contributed by atoms with Gasteiger partial charge in [-0.15, -0.1) is 11.3 Å². The lowest BCUT2D eigenvalue weighted by Gasteiger charge is -2.14. The highest BCUT2D eigenvalue weighted by atomic mass is 32.1. The van der Waals surface area contributed by atoms with Crippen molar-refractivity contribution >= 4 is 23.3 Å². The first-order valence-electron chi connectivity index (χ1n) is 7.23. The van der Waals surface area contributed by atoms with Crippen LogP contribution >= 0.6 is 11.3 Å². The van der Waals surface area contributed by atoms with Crippen LogP contribution in [0.15, 0.2) is 11.6 Å². The number of nitrogens with zero attached hydrogens (tertiary/aromatic N) is 1. The van der Waals surface area contributed by atoms with Gasteiger partial charge in [0.15, 0.2) is 0 Å². The maximum atomic E-state index is 11.6. The second-order valence-corrected chi connectivity index (χ2v) is 5.83. The topological polar surface area (TPSA) is 91.3 Å². The molecular weight excluding hydrogens is 290 g/mol. The Labute approximate surface area is 129 Å². The van der Waals surface area contributed by atoms with Crippen LogP contribution in [0.2, 0.25) is 0 Å². The maximum absolute atomic E-state index is 11.6. The fourth-order valence-corrected chi connectivity index (χ4v) is 2.61. The third-order valence-electron chi connectivity index (χ3n) is 3.29. The van der Waals surface area contributed by atoms with Crippen LogP contribution in [-0.4, -0.2) is 35.2 Å². The van der Waals surface area contributed by atoms with E-state index in [-0.39, 0.29) is 12.5 Å². The molecule has 3 N–H and O–H groups in total. The van der Waals surface area contributed by atoms with Gasteiger partial charge < -0.3 is 15.7 Å². The second-order valence-electron chi connectivity index (χ2n) is 4.85. The highest BCUT2D eigenvalue weighted by Gasteiger charge is 2.09. The number of aliphatic carboxylic acids is 1. The summed E-state index contributed by atoms with van der Waals surface area (Å²) in [5.74, 6) is -0.418. The Hall–Kier alpha value is -1.63. The number of carbonyl (C=O) groups is 2. The Morgan fingerprint density at radius 1 is 1.33 bits per heavy atom. The van der Waals surface area contributed by atoms with Crippen LogP contribution in [0.25, 0.3) is 0 Å². The Morgan fingerprint density at radius 3 is 2.71 bits per heavy atom. The van der Waals surface area contributed by atoms with Gasteiger partial charge in [-0.05, 0) is 18.8 Å². The van der Waals surface area contributed by atoms with E-state index in [0.717, 1.165) is 24.3 Å². The number of hydrogen-bond acceptors (Lipinski definition) is 4. The zero-order valence-electron chi connectivity index (χ0n) is 12.3. The molecule has 0 saturated carbocycles. The molecule has 1 aromatic rings. The summed E-state index contributed by atoms with van der Waals surface area (Å²) in [5, 5.41) is 17.2. The van der Waals surface area contributed by atoms with Crippen molar-refractivity contribution in [2.45, 2.75) is 39.0 Å². The number of hydrogen-bond donors (Lipinski definition) is 3. The molecule has 0 radical (unpaired) electrons. The fourth-order valence-electron chi connectivity index (χ4n) is 1.99. The molecule has 0 fully saturated rings. The molecule has 6 nitrogen and oxygen atoms in total. The molecule has 118 valence electrons. The predicted octanol–water partition coefficient (Wildman–Crippen LogP) is 2.27. The average Bonchev–Trinajstić information content (AvgIpc) is 2.95. The number of nitrogens with one attached hydrogen (secondary N) is 2. The summed E-state index contributed by atoms with van der Waals surface area (Å²) in [6.45, 7) is 3.18. The molecule has 2 amide bonds. The lowest BCUT2D eigenvalue weighted by atomic mass is 9.97. The molecule has 0 bridgehead atoms. The quantitative estimate of drug-likeness (QED) is 0.618. The number of carboxylic acid groups (broad SMARTS) is 1. The third kappa shape index (κ3) is 8.29. The molecule has 0 spiro atoms. The van der Waals surface area contributed by atoms with E-state index in [9.17, 15) is 9.59 Å². The molecule has 1 rings (SSSR count). The lowest BCUT2D eigenvalue weighted by molar-refractivity contribution is -0.137. The fraction of sp³-hybridized carbons (Fsp3) is 0.643. The van der Waals surface area contributed by atoms with Crippen LogP contribution in [0.3, 0.4) is 0 Å². The van der Waals surface area contributed by atoms with Crippen LogP contribution in [0, 0.1) is 5.92 Å². The number of thiazole rings is 1. The SMILES string of the molecule is CCC(CCNC(=O)NCCc1nccs1)CCC(=O)O. The van der Waals surface area contributed by atoms with Crippen LogP contribution in [0.1, 0.15) is 37.6 Å². The number of rotatable bonds is 10. The van der Waals surface area contributed by atoms with Gasteiger partial charge in [-0.2, -0.15) is 0 Å². The highest BCUT2D eigenvalue weighted by molar-refractivity contribution is 7.09. The first-order chi connectivity index (χ1) is 10.1. The Bertz CT molecular complexity index is 423. The Kier molecular flexibility index (Phi) is 8.42.